The van der Waals surface area contributed by atoms with Gasteiger partial charge in [-0.15, -0.1) is 12.4 Å². The molecular weight excluding hydrogens is 195 g/mol. The molecular formula is C7H19ClN2OP+. The zero-order valence-electron chi connectivity index (χ0n) is 8.04. The molecule has 1 unspecified atom stereocenters. The lowest BCUT2D eigenvalue weighted by Crippen LogP contribution is -2.14. The summed E-state index contributed by atoms with van der Waals surface area (Å²) in [7, 11) is 3.21. The van der Waals surface area contributed by atoms with Crippen LogP contribution in [0.15, 0.2) is 0 Å². The van der Waals surface area contributed by atoms with Gasteiger partial charge in [0.25, 0.3) is 7.64 Å². The molecule has 1 heterocycles. The molecule has 0 aliphatic carbocycles. The first-order valence-electron chi connectivity index (χ1n) is 4.16. The summed E-state index contributed by atoms with van der Waals surface area (Å²) in [5, 5.41) is 3.06. The first kappa shape index (κ1) is 12.6. The number of nitrogens with zero attached hydrogens (tertiary/aromatic N) is 1. The van der Waals surface area contributed by atoms with Crippen LogP contribution in [0.4, 0.5) is 0 Å². The Hall–Kier alpha value is 0.600. The van der Waals surface area contributed by atoms with Gasteiger partial charge in [0.1, 0.15) is 12.3 Å². The van der Waals surface area contributed by atoms with Crippen molar-refractivity contribution in [2.45, 2.75) is 13.3 Å². The molecule has 0 spiro atoms. The molecule has 0 radical (unpaired) electrons. The maximum absolute atomic E-state index is 5.27. The molecule has 0 saturated carbocycles. The minimum atomic E-state index is -1.01. The predicted molar refractivity (Wildman–Crippen MR) is 57.0 cm³/mol. The summed E-state index contributed by atoms with van der Waals surface area (Å²) in [6.45, 7) is 3.37. The van der Waals surface area contributed by atoms with Crippen LogP contribution >= 0.6 is 20.0 Å². The van der Waals surface area contributed by atoms with Crippen molar-refractivity contribution < 1.29 is 4.62 Å². The van der Waals surface area contributed by atoms with Crippen molar-refractivity contribution in [3.63, 3.8) is 0 Å². The van der Waals surface area contributed by atoms with Crippen LogP contribution < -0.4 is 5.25 Å². The van der Waals surface area contributed by atoms with E-state index < -0.39 is 7.64 Å². The Morgan fingerprint density at radius 3 is 2.33 bits per heavy atom. The van der Waals surface area contributed by atoms with Crippen LogP contribution in [-0.2, 0) is 4.62 Å². The van der Waals surface area contributed by atoms with E-state index in [0.29, 0.717) is 0 Å². The van der Waals surface area contributed by atoms with Crippen LogP contribution in [0.5, 0.6) is 0 Å². The molecule has 1 fully saturated rings. The predicted octanol–water partition coefficient (Wildman–Crippen LogP) is 1.76. The number of hydrogen-bond donors (Lipinski definition) is 1. The summed E-state index contributed by atoms with van der Waals surface area (Å²) in [6, 6.07) is 0. The third-order valence-electron chi connectivity index (χ3n) is 1.98. The third-order valence-corrected chi connectivity index (χ3v) is 4.74. The summed E-state index contributed by atoms with van der Waals surface area (Å²) in [5.74, 6) is 0. The van der Waals surface area contributed by atoms with Gasteiger partial charge < -0.3 is 4.90 Å². The lowest BCUT2D eigenvalue weighted by atomic mass is 10.5. The smallest absolute Gasteiger partial charge is 0.272 e. The van der Waals surface area contributed by atoms with E-state index in [1.165, 1.54) is 25.3 Å². The van der Waals surface area contributed by atoms with Crippen LogP contribution in [0.1, 0.15) is 13.3 Å². The largest absolute Gasteiger partial charge is 0.309 e. The standard InChI is InChI=1S/C7H18N2OP.ClH/c1-4-11(8-10-11)7-5-6-9(2)3;/h8H,4-7H2,1-3H3;1H/q+1;. The minimum absolute atomic E-state index is 0. The van der Waals surface area contributed by atoms with Crippen LogP contribution in [0, 0.1) is 0 Å². The molecule has 1 N–H and O–H groups in total. The van der Waals surface area contributed by atoms with E-state index in [0.717, 1.165) is 0 Å². The van der Waals surface area contributed by atoms with E-state index in [2.05, 4.69) is 31.2 Å². The zero-order valence-corrected chi connectivity index (χ0v) is 9.75. The molecule has 1 rings (SSSR count). The summed E-state index contributed by atoms with van der Waals surface area (Å²) in [5.41, 5.74) is 0. The van der Waals surface area contributed by atoms with Crippen LogP contribution in [0.3, 0.4) is 0 Å². The van der Waals surface area contributed by atoms with Gasteiger partial charge in [0.05, 0.1) is 0 Å². The molecule has 0 aromatic rings. The second kappa shape index (κ2) is 5.36. The van der Waals surface area contributed by atoms with Crippen molar-refractivity contribution in [3.8, 4) is 0 Å². The van der Waals surface area contributed by atoms with Crippen molar-refractivity contribution in [3.05, 3.63) is 0 Å². The Labute approximate surface area is 81.7 Å². The van der Waals surface area contributed by atoms with Crippen LogP contribution in [0.25, 0.3) is 0 Å². The van der Waals surface area contributed by atoms with Gasteiger partial charge in [-0.2, -0.15) is 0 Å². The third kappa shape index (κ3) is 4.01. The van der Waals surface area contributed by atoms with E-state index >= 15 is 0 Å². The molecule has 3 nitrogen and oxygen atoms in total. The van der Waals surface area contributed by atoms with Crippen molar-refractivity contribution in [2.24, 2.45) is 0 Å². The van der Waals surface area contributed by atoms with Gasteiger partial charge in [-0.1, -0.05) is 4.62 Å². The van der Waals surface area contributed by atoms with Gasteiger partial charge >= 0.3 is 0 Å². The van der Waals surface area contributed by atoms with Crippen molar-refractivity contribution in [2.75, 3.05) is 33.0 Å². The zero-order chi connectivity index (χ0) is 8.32. The van der Waals surface area contributed by atoms with Gasteiger partial charge in [-0.3, -0.25) is 0 Å². The average molecular weight is 214 g/mol. The molecule has 0 aromatic carbocycles. The van der Waals surface area contributed by atoms with Crippen molar-refractivity contribution in [1.29, 1.82) is 0 Å². The van der Waals surface area contributed by atoms with E-state index in [4.69, 9.17) is 4.62 Å². The number of nitrogens with one attached hydrogen (secondary N) is 1. The molecule has 1 atom stereocenters. The summed E-state index contributed by atoms with van der Waals surface area (Å²) in [6.07, 6.45) is 3.67. The van der Waals surface area contributed by atoms with E-state index in [-0.39, 0.29) is 12.4 Å². The molecule has 0 bridgehead atoms. The summed E-state index contributed by atoms with van der Waals surface area (Å²) in [4.78, 5) is 2.22. The number of hydrogen-bond acceptors (Lipinski definition) is 3. The first-order chi connectivity index (χ1) is 5.18. The molecule has 1 aliphatic rings. The Balaban J connectivity index is 0.00000121. The Bertz CT molecular complexity index is 131. The van der Waals surface area contributed by atoms with Crippen molar-refractivity contribution >= 4 is 20.0 Å². The highest BCUT2D eigenvalue weighted by atomic mass is 35.5. The lowest BCUT2D eigenvalue weighted by Gasteiger charge is -2.07. The van der Waals surface area contributed by atoms with Gasteiger partial charge in [0.15, 0.2) is 0 Å². The van der Waals surface area contributed by atoms with Gasteiger partial charge in [-0.05, 0) is 32.7 Å². The normalized spacial score (nSPS) is 27.0. The van der Waals surface area contributed by atoms with Gasteiger partial charge in [0.2, 0.25) is 0 Å². The maximum Gasteiger partial charge on any atom is 0.272 e. The molecule has 74 valence electrons. The fourth-order valence-corrected chi connectivity index (χ4v) is 2.95. The molecule has 5 heteroatoms. The highest BCUT2D eigenvalue weighted by Gasteiger charge is 2.54. The average Bonchev–Trinajstić information content (AvgIpc) is 2.69. The second-order valence-corrected chi connectivity index (χ2v) is 6.49. The first-order valence-corrected chi connectivity index (χ1v) is 6.24. The fourth-order valence-electron chi connectivity index (χ4n) is 1.08. The maximum atomic E-state index is 5.27. The van der Waals surface area contributed by atoms with Crippen LogP contribution in [-0.4, -0.2) is 37.9 Å². The Kier molecular flexibility index (Phi) is 5.62. The number of halogens is 1. The SMILES string of the molecule is CC[P+]1(CCCN(C)C)NO1.Cl. The lowest BCUT2D eigenvalue weighted by molar-refractivity contribution is 0.408. The summed E-state index contributed by atoms with van der Waals surface area (Å²) < 4.78 is 5.27. The minimum Gasteiger partial charge on any atom is -0.309 e. The molecule has 1 saturated heterocycles. The Morgan fingerprint density at radius 1 is 1.42 bits per heavy atom. The topological polar surface area (TPSA) is 37.7 Å². The Morgan fingerprint density at radius 2 is 2.00 bits per heavy atom. The molecule has 12 heavy (non-hydrogen) atoms. The quantitative estimate of drug-likeness (QED) is 0.559. The molecule has 1 aliphatic heterocycles. The molecule has 0 amide bonds. The van der Waals surface area contributed by atoms with E-state index in [1.54, 1.807) is 0 Å². The summed E-state index contributed by atoms with van der Waals surface area (Å²) >= 11 is 0. The van der Waals surface area contributed by atoms with Gasteiger partial charge in [0, 0.05) is 6.54 Å². The van der Waals surface area contributed by atoms with E-state index in [9.17, 15) is 0 Å². The fraction of sp³-hybridized carbons (Fsp3) is 1.00. The van der Waals surface area contributed by atoms with Crippen LogP contribution in [0.2, 0.25) is 0 Å². The van der Waals surface area contributed by atoms with Gasteiger partial charge in [-0.25, -0.2) is 0 Å². The molecule has 0 aromatic heterocycles. The highest BCUT2D eigenvalue weighted by molar-refractivity contribution is 7.73. The second-order valence-electron chi connectivity index (χ2n) is 3.27. The monoisotopic (exact) mass is 213 g/mol. The highest BCUT2D eigenvalue weighted by Crippen LogP contribution is 2.67. The van der Waals surface area contributed by atoms with Crippen molar-refractivity contribution in [1.82, 2.24) is 10.2 Å². The van der Waals surface area contributed by atoms with E-state index in [1.807, 2.05) is 0 Å². The number of rotatable bonds is 5.